The van der Waals surface area contributed by atoms with Crippen LogP contribution < -0.4 is 5.32 Å². The Labute approximate surface area is 168 Å². The lowest BCUT2D eigenvalue weighted by Gasteiger charge is -2.09. The van der Waals surface area contributed by atoms with Crippen molar-refractivity contribution in [2.45, 2.75) is 17.7 Å². The van der Waals surface area contributed by atoms with Crippen molar-refractivity contribution in [3.63, 3.8) is 0 Å². The number of halogens is 1. The Morgan fingerprint density at radius 2 is 1.88 bits per heavy atom. The number of nitrogens with zero attached hydrogens (tertiary/aromatic N) is 1. The second kappa shape index (κ2) is 11.0. The van der Waals surface area contributed by atoms with E-state index >= 15 is 0 Å². The number of rotatable bonds is 8. The van der Waals surface area contributed by atoms with Crippen molar-refractivity contribution in [3.8, 4) is 0 Å². The van der Waals surface area contributed by atoms with Gasteiger partial charge in [0.15, 0.2) is 0 Å². The molecule has 0 spiro atoms. The fraction of sp³-hybridized carbons (Fsp3) is 0.200. The molecular formula is C20H21ClN2OS2. The summed E-state index contributed by atoms with van der Waals surface area (Å²) in [6.07, 6.45) is 5.34. The smallest absolute Gasteiger partial charge is 0.251 e. The summed E-state index contributed by atoms with van der Waals surface area (Å²) < 4.78 is 0. The molecule has 0 aliphatic heterocycles. The van der Waals surface area contributed by atoms with Crippen molar-refractivity contribution in [2.75, 3.05) is 12.3 Å². The second-order valence-electron chi connectivity index (χ2n) is 5.55. The zero-order valence-electron chi connectivity index (χ0n) is 14.3. The maximum absolute atomic E-state index is 12.5. The van der Waals surface area contributed by atoms with Crippen LogP contribution in [-0.2, 0) is 6.42 Å². The van der Waals surface area contributed by atoms with Gasteiger partial charge in [0.25, 0.3) is 5.91 Å². The Morgan fingerprint density at radius 1 is 1.08 bits per heavy atom. The van der Waals surface area contributed by atoms with E-state index in [0.29, 0.717) is 6.54 Å². The summed E-state index contributed by atoms with van der Waals surface area (Å²) in [5.41, 5.74) is 1.85. The van der Waals surface area contributed by atoms with Gasteiger partial charge >= 0.3 is 0 Å². The van der Waals surface area contributed by atoms with Gasteiger partial charge in [-0.1, -0.05) is 24.3 Å². The average Bonchev–Trinajstić information content (AvgIpc) is 3.16. The van der Waals surface area contributed by atoms with Gasteiger partial charge in [0.2, 0.25) is 0 Å². The Kier molecular flexibility index (Phi) is 8.68. The number of aromatic nitrogens is 1. The van der Waals surface area contributed by atoms with Crippen LogP contribution in [0.2, 0.25) is 0 Å². The molecule has 0 aliphatic rings. The van der Waals surface area contributed by atoms with Crippen LogP contribution in [0.15, 0.2) is 71.2 Å². The molecule has 1 N–H and O–H groups in total. The van der Waals surface area contributed by atoms with Crippen molar-refractivity contribution in [3.05, 3.63) is 82.3 Å². The molecular weight excluding hydrogens is 384 g/mol. The summed E-state index contributed by atoms with van der Waals surface area (Å²) in [6.45, 7) is 0.685. The predicted molar refractivity (Wildman–Crippen MR) is 113 cm³/mol. The van der Waals surface area contributed by atoms with Crippen molar-refractivity contribution < 1.29 is 4.79 Å². The molecule has 0 saturated heterocycles. The standard InChI is InChI=1S/C20H20N2OS2.ClH/c23-20(22-10-4-14-24-17-8-11-21-12-9-17)19-7-2-1-5-16(19)15-18-6-3-13-25-18;/h1-3,5-9,11-13H,4,10,14-15H2,(H,22,23);1H. The van der Waals surface area contributed by atoms with Crippen molar-refractivity contribution >= 4 is 41.4 Å². The summed E-state index contributed by atoms with van der Waals surface area (Å²) in [4.78, 5) is 19.0. The minimum atomic E-state index is 0. The highest BCUT2D eigenvalue weighted by molar-refractivity contribution is 7.99. The largest absolute Gasteiger partial charge is 0.352 e. The molecule has 3 aromatic rings. The highest BCUT2D eigenvalue weighted by Crippen LogP contribution is 2.19. The molecule has 0 fully saturated rings. The van der Waals surface area contributed by atoms with Gasteiger partial charge in [-0.25, -0.2) is 0 Å². The SMILES string of the molecule is Cl.O=C(NCCCSc1ccncc1)c1ccccc1Cc1cccs1. The molecule has 0 saturated carbocycles. The van der Waals surface area contributed by atoms with Crippen LogP contribution in [0.5, 0.6) is 0 Å². The second-order valence-corrected chi connectivity index (χ2v) is 7.75. The van der Waals surface area contributed by atoms with Gasteiger partial charge in [0.1, 0.15) is 0 Å². The summed E-state index contributed by atoms with van der Waals surface area (Å²) in [5, 5.41) is 5.11. The fourth-order valence-corrected chi connectivity index (χ4v) is 4.06. The maximum Gasteiger partial charge on any atom is 0.251 e. The Balaban J connectivity index is 0.00000243. The molecule has 0 aliphatic carbocycles. The number of nitrogens with one attached hydrogen (secondary N) is 1. The summed E-state index contributed by atoms with van der Waals surface area (Å²) in [6, 6.07) is 16.0. The monoisotopic (exact) mass is 404 g/mol. The van der Waals surface area contributed by atoms with Crippen LogP contribution in [-0.4, -0.2) is 23.2 Å². The number of pyridine rings is 1. The fourth-order valence-electron chi connectivity index (χ4n) is 2.49. The quantitative estimate of drug-likeness (QED) is 0.421. The number of hydrogen-bond donors (Lipinski definition) is 1. The molecule has 0 bridgehead atoms. The summed E-state index contributed by atoms with van der Waals surface area (Å²) in [5.74, 6) is 0.988. The number of thiophene rings is 1. The number of amides is 1. The Hall–Kier alpha value is -1.82. The lowest BCUT2D eigenvalue weighted by atomic mass is 10.0. The molecule has 26 heavy (non-hydrogen) atoms. The van der Waals surface area contributed by atoms with Gasteiger partial charge < -0.3 is 5.32 Å². The molecule has 1 aromatic carbocycles. The first-order valence-corrected chi connectivity index (χ1v) is 10.1. The van der Waals surface area contributed by atoms with E-state index in [2.05, 4.69) is 21.7 Å². The number of hydrogen-bond acceptors (Lipinski definition) is 4. The predicted octanol–water partition coefficient (Wildman–Crippen LogP) is 5.07. The minimum absolute atomic E-state index is 0. The molecule has 3 nitrogen and oxygen atoms in total. The highest BCUT2D eigenvalue weighted by Gasteiger charge is 2.11. The number of benzene rings is 1. The average molecular weight is 405 g/mol. The highest BCUT2D eigenvalue weighted by atomic mass is 35.5. The van der Waals surface area contributed by atoms with Crippen molar-refractivity contribution in [1.82, 2.24) is 10.3 Å². The lowest BCUT2D eigenvalue weighted by molar-refractivity contribution is 0.0953. The topological polar surface area (TPSA) is 42.0 Å². The first-order chi connectivity index (χ1) is 12.3. The van der Waals surface area contributed by atoms with Gasteiger partial charge in [-0.15, -0.1) is 35.5 Å². The third-order valence-electron chi connectivity index (χ3n) is 3.73. The first-order valence-electron chi connectivity index (χ1n) is 8.24. The molecule has 0 radical (unpaired) electrons. The molecule has 136 valence electrons. The van der Waals surface area contributed by atoms with Crippen molar-refractivity contribution in [2.24, 2.45) is 0 Å². The normalized spacial score (nSPS) is 10.2. The van der Waals surface area contributed by atoms with E-state index in [1.807, 2.05) is 42.5 Å². The first kappa shape index (κ1) is 20.5. The summed E-state index contributed by atoms with van der Waals surface area (Å²) in [7, 11) is 0. The Bertz CT molecular complexity index is 795. The van der Waals surface area contributed by atoms with E-state index in [4.69, 9.17) is 0 Å². The van der Waals surface area contributed by atoms with Gasteiger partial charge in [-0.2, -0.15) is 0 Å². The molecule has 2 aromatic heterocycles. The maximum atomic E-state index is 12.5. The molecule has 1 amide bonds. The number of carbonyl (C=O) groups excluding carboxylic acids is 1. The van der Waals surface area contributed by atoms with Crippen LogP contribution >= 0.6 is 35.5 Å². The third-order valence-corrected chi connectivity index (χ3v) is 5.71. The van der Waals surface area contributed by atoms with Gasteiger partial charge in [-0.05, 0) is 47.4 Å². The summed E-state index contributed by atoms with van der Waals surface area (Å²) >= 11 is 3.51. The van der Waals surface area contributed by atoms with Crippen LogP contribution in [0.3, 0.4) is 0 Å². The van der Waals surface area contributed by atoms with Crippen molar-refractivity contribution in [1.29, 1.82) is 0 Å². The lowest BCUT2D eigenvalue weighted by Crippen LogP contribution is -2.25. The molecule has 3 rings (SSSR count). The van der Waals surface area contributed by atoms with Gasteiger partial charge in [0.05, 0.1) is 0 Å². The number of thioether (sulfide) groups is 1. The van der Waals surface area contributed by atoms with Crippen LogP contribution in [0.1, 0.15) is 27.2 Å². The van der Waals surface area contributed by atoms with E-state index in [0.717, 1.165) is 29.7 Å². The molecule has 6 heteroatoms. The Morgan fingerprint density at radius 3 is 2.65 bits per heavy atom. The molecule has 2 heterocycles. The zero-order valence-corrected chi connectivity index (χ0v) is 16.7. The van der Waals surface area contributed by atoms with E-state index < -0.39 is 0 Å². The van der Waals surface area contributed by atoms with E-state index in [1.54, 1.807) is 35.5 Å². The van der Waals surface area contributed by atoms with E-state index in [9.17, 15) is 4.79 Å². The molecule has 0 unspecified atom stereocenters. The van der Waals surface area contributed by atoms with Crippen LogP contribution in [0.25, 0.3) is 0 Å². The van der Waals surface area contributed by atoms with E-state index in [1.165, 1.54) is 9.77 Å². The van der Waals surface area contributed by atoms with Crippen LogP contribution in [0, 0.1) is 0 Å². The third kappa shape index (κ3) is 6.16. The van der Waals surface area contributed by atoms with Gasteiger partial charge in [-0.3, -0.25) is 9.78 Å². The molecule has 0 atom stereocenters. The van der Waals surface area contributed by atoms with Crippen LogP contribution in [0.4, 0.5) is 0 Å². The van der Waals surface area contributed by atoms with E-state index in [-0.39, 0.29) is 18.3 Å². The number of carbonyl (C=O) groups is 1. The van der Waals surface area contributed by atoms with Gasteiger partial charge in [0, 0.05) is 40.7 Å². The minimum Gasteiger partial charge on any atom is -0.352 e. The zero-order chi connectivity index (χ0) is 17.3.